The molecule has 0 fully saturated rings. The van der Waals surface area contributed by atoms with Crippen LogP contribution in [0, 0.1) is 0 Å². The Morgan fingerprint density at radius 1 is 1.47 bits per heavy atom. The van der Waals surface area contributed by atoms with Crippen LogP contribution in [-0.2, 0) is 17.6 Å². The molecule has 0 saturated heterocycles. The minimum Gasteiger partial charge on any atom is -0.478 e. The van der Waals surface area contributed by atoms with Gasteiger partial charge < -0.3 is 9.67 Å². The van der Waals surface area contributed by atoms with E-state index in [2.05, 4.69) is 10.2 Å². The predicted molar refractivity (Wildman–Crippen MR) is 73.7 cm³/mol. The first-order valence-electron chi connectivity index (χ1n) is 5.62. The van der Waals surface area contributed by atoms with E-state index in [0.29, 0.717) is 5.75 Å². The van der Waals surface area contributed by atoms with Gasteiger partial charge >= 0.3 is 5.97 Å². The standard InChI is InChI=1S/C13H13N3O2S/c1-16-9-14-15-13(16)19-8-11-5-3-2-4-10(11)6-7-12(17)18/h2-7,9H,8H2,1H3,(H,17,18). The molecule has 1 aromatic heterocycles. The van der Waals surface area contributed by atoms with Gasteiger partial charge in [-0.25, -0.2) is 4.79 Å². The molecule has 0 spiro atoms. The Hall–Kier alpha value is -2.08. The van der Waals surface area contributed by atoms with Gasteiger partial charge in [-0.15, -0.1) is 10.2 Å². The Balaban J connectivity index is 2.12. The van der Waals surface area contributed by atoms with E-state index in [4.69, 9.17) is 5.11 Å². The number of nitrogens with zero attached hydrogens (tertiary/aromatic N) is 3. The number of benzene rings is 1. The summed E-state index contributed by atoms with van der Waals surface area (Å²) in [6.07, 6.45) is 4.40. The summed E-state index contributed by atoms with van der Waals surface area (Å²) in [6.45, 7) is 0. The van der Waals surface area contributed by atoms with Gasteiger partial charge in [-0.1, -0.05) is 36.0 Å². The van der Waals surface area contributed by atoms with Gasteiger partial charge in [0.05, 0.1) is 0 Å². The second-order valence-electron chi connectivity index (χ2n) is 3.88. The quantitative estimate of drug-likeness (QED) is 0.669. The third kappa shape index (κ3) is 3.69. The molecule has 1 heterocycles. The van der Waals surface area contributed by atoms with Crippen LogP contribution < -0.4 is 0 Å². The van der Waals surface area contributed by atoms with Crippen LogP contribution in [0.5, 0.6) is 0 Å². The highest BCUT2D eigenvalue weighted by Crippen LogP contribution is 2.22. The smallest absolute Gasteiger partial charge is 0.328 e. The van der Waals surface area contributed by atoms with Gasteiger partial charge in [-0.3, -0.25) is 0 Å². The monoisotopic (exact) mass is 275 g/mol. The number of hydrogen-bond donors (Lipinski definition) is 1. The van der Waals surface area contributed by atoms with Gasteiger partial charge in [0.2, 0.25) is 0 Å². The van der Waals surface area contributed by atoms with Gasteiger partial charge in [0.15, 0.2) is 5.16 Å². The highest BCUT2D eigenvalue weighted by molar-refractivity contribution is 7.98. The van der Waals surface area contributed by atoms with Crippen LogP contribution in [-0.4, -0.2) is 25.8 Å². The van der Waals surface area contributed by atoms with E-state index >= 15 is 0 Å². The van der Waals surface area contributed by atoms with Gasteiger partial charge in [0.25, 0.3) is 0 Å². The molecule has 0 unspecified atom stereocenters. The zero-order valence-electron chi connectivity index (χ0n) is 10.4. The topological polar surface area (TPSA) is 68.0 Å². The van der Waals surface area contributed by atoms with Crippen molar-refractivity contribution in [2.75, 3.05) is 0 Å². The number of aryl methyl sites for hydroxylation is 1. The summed E-state index contributed by atoms with van der Waals surface area (Å²) in [6, 6.07) is 7.69. The summed E-state index contributed by atoms with van der Waals surface area (Å²) >= 11 is 1.56. The van der Waals surface area contributed by atoms with Gasteiger partial charge in [-0.2, -0.15) is 0 Å². The predicted octanol–water partition coefficient (Wildman–Crippen LogP) is 2.21. The number of carbonyl (C=O) groups is 1. The molecule has 2 aromatic rings. The summed E-state index contributed by atoms with van der Waals surface area (Å²) < 4.78 is 1.85. The number of aromatic nitrogens is 3. The molecule has 5 nitrogen and oxygen atoms in total. The Morgan fingerprint density at radius 3 is 2.95 bits per heavy atom. The maximum atomic E-state index is 10.6. The van der Waals surface area contributed by atoms with E-state index in [0.717, 1.165) is 22.4 Å². The molecular formula is C13H13N3O2S. The summed E-state index contributed by atoms with van der Waals surface area (Å²) in [5.74, 6) is -0.233. The maximum Gasteiger partial charge on any atom is 0.328 e. The molecule has 0 atom stereocenters. The average molecular weight is 275 g/mol. The van der Waals surface area contributed by atoms with Crippen LogP contribution in [0.4, 0.5) is 0 Å². The van der Waals surface area contributed by atoms with E-state index in [-0.39, 0.29) is 0 Å². The lowest BCUT2D eigenvalue weighted by molar-refractivity contribution is -0.131. The Kier molecular flexibility index (Phi) is 4.35. The maximum absolute atomic E-state index is 10.6. The van der Waals surface area contributed by atoms with Crippen LogP contribution in [0.1, 0.15) is 11.1 Å². The molecule has 0 aliphatic heterocycles. The molecule has 1 N–H and O–H groups in total. The van der Waals surface area contributed by atoms with Crippen molar-refractivity contribution in [1.29, 1.82) is 0 Å². The minimum atomic E-state index is -0.948. The van der Waals surface area contributed by atoms with Gasteiger partial charge in [0, 0.05) is 18.9 Å². The van der Waals surface area contributed by atoms with Gasteiger partial charge in [-0.05, 0) is 17.2 Å². The molecule has 2 rings (SSSR count). The number of thioether (sulfide) groups is 1. The minimum absolute atomic E-state index is 0.715. The SMILES string of the molecule is Cn1cnnc1SCc1ccccc1C=CC(=O)O. The number of carboxylic acid groups (broad SMARTS) is 1. The van der Waals surface area contributed by atoms with Gasteiger partial charge in [0.1, 0.15) is 6.33 Å². The molecule has 0 saturated carbocycles. The van der Waals surface area contributed by atoms with Crippen molar-refractivity contribution in [3.05, 3.63) is 47.8 Å². The van der Waals surface area contributed by atoms with Crippen LogP contribution in [0.15, 0.2) is 41.8 Å². The zero-order chi connectivity index (χ0) is 13.7. The first-order valence-corrected chi connectivity index (χ1v) is 6.61. The first-order chi connectivity index (χ1) is 9.16. The number of carboxylic acids is 1. The third-order valence-corrected chi connectivity index (χ3v) is 3.57. The van der Waals surface area contributed by atoms with E-state index in [9.17, 15) is 4.79 Å². The van der Waals surface area contributed by atoms with E-state index in [1.807, 2.05) is 35.9 Å². The molecule has 1 aromatic carbocycles. The zero-order valence-corrected chi connectivity index (χ0v) is 11.2. The van der Waals surface area contributed by atoms with Crippen LogP contribution in [0.2, 0.25) is 0 Å². The van der Waals surface area contributed by atoms with Crippen molar-refractivity contribution in [3.63, 3.8) is 0 Å². The van der Waals surface area contributed by atoms with E-state index in [1.165, 1.54) is 0 Å². The summed E-state index contributed by atoms with van der Waals surface area (Å²) in [7, 11) is 1.89. The Bertz CT molecular complexity index is 607. The molecular weight excluding hydrogens is 262 g/mol. The highest BCUT2D eigenvalue weighted by atomic mass is 32.2. The molecule has 98 valence electrons. The molecule has 0 aliphatic rings. The summed E-state index contributed by atoms with van der Waals surface area (Å²) in [4.78, 5) is 10.6. The Morgan fingerprint density at radius 2 is 2.26 bits per heavy atom. The van der Waals surface area contributed by atoms with Crippen molar-refractivity contribution < 1.29 is 9.90 Å². The summed E-state index contributed by atoms with van der Waals surface area (Å²) in [5, 5.41) is 17.3. The molecule has 0 radical (unpaired) electrons. The number of hydrogen-bond acceptors (Lipinski definition) is 4. The third-order valence-electron chi connectivity index (χ3n) is 2.49. The number of rotatable bonds is 5. The van der Waals surface area contributed by atoms with Crippen LogP contribution in [0.3, 0.4) is 0 Å². The molecule has 0 aliphatic carbocycles. The highest BCUT2D eigenvalue weighted by Gasteiger charge is 2.04. The fraction of sp³-hybridized carbons (Fsp3) is 0.154. The fourth-order valence-corrected chi connectivity index (χ4v) is 2.44. The lowest BCUT2D eigenvalue weighted by atomic mass is 10.1. The first kappa shape index (κ1) is 13.4. The second-order valence-corrected chi connectivity index (χ2v) is 4.83. The molecule has 0 amide bonds. The molecule has 19 heavy (non-hydrogen) atoms. The fourth-order valence-electron chi connectivity index (χ4n) is 1.53. The van der Waals surface area contributed by atoms with Crippen LogP contribution in [0.25, 0.3) is 6.08 Å². The lowest BCUT2D eigenvalue weighted by Crippen LogP contribution is -1.92. The van der Waals surface area contributed by atoms with Crippen molar-refractivity contribution >= 4 is 23.8 Å². The molecule has 6 heteroatoms. The van der Waals surface area contributed by atoms with Crippen molar-refractivity contribution in [2.45, 2.75) is 10.9 Å². The van der Waals surface area contributed by atoms with Crippen molar-refractivity contribution in [1.82, 2.24) is 14.8 Å². The average Bonchev–Trinajstić information content (AvgIpc) is 2.80. The lowest BCUT2D eigenvalue weighted by Gasteiger charge is -2.05. The largest absolute Gasteiger partial charge is 0.478 e. The second kappa shape index (κ2) is 6.19. The number of aliphatic carboxylic acids is 1. The Labute approximate surface area is 115 Å². The van der Waals surface area contributed by atoms with Crippen molar-refractivity contribution in [3.8, 4) is 0 Å². The van der Waals surface area contributed by atoms with Crippen LogP contribution >= 0.6 is 11.8 Å². The normalized spacial score (nSPS) is 11.0. The van der Waals surface area contributed by atoms with E-state index in [1.54, 1.807) is 24.2 Å². The van der Waals surface area contributed by atoms with Crippen molar-refractivity contribution in [2.24, 2.45) is 7.05 Å². The summed E-state index contributed by atoms with van der Waals surface area (Å²) in [5.41, 5.74) is 1.97. The van der Waals surface area contributed by atoms with E-state index < -0.39 is 5.97 Å². The molecule has 0 bridgehead atoms.